The van der Waals surface area contributed by atoms with E-state index >= 15 is 0 Å². The minimum absolute atomic E-state index is 0.0682. The zero-order valence-electron chi connectivity index (χ0n) is 11.5. The van der Waals surface area contributed by atoms with Crippen molar-refractivity contribution in [2.75, 3.05) is 27.2 Å². The Morgan fingerprint density at radius 1 is 1.39 bits per heavy atom. The summed E-state index contributed by atoms with van der Waals surface area (Å²) in [5.41, 5.74) is 5.16. The standard InChI is InChI=1S/C12H24N4O2/c1-9(8-11(13)17)14-10-4-6-16(7-5-10)12(18)15(2)3/h9-10,14H,4-8H2,1-3H3,(H2,13,17). The van der Waals surface area contributed by atoms with Crippen LogP contribution in [0.4, 0.5) is 4.79 Å². The van der Waals surface area contributed by atoms with Crippen molar-refractivity contribution in [2.45, 2.75) is 38.3 Å². The number of urea groups is 1. The van der Waals surface area contributed by atoms with Crippen LogP contribution in [0.1, 0.15) is 26.2 Å². The van der Waals surface area contributed by atoms with Crippen LogP contribution in [-0.4, -0.2) is 61.0 Å². The van der Waals surface area contributed by atoms with Gasteiger partial charge in [0, 0.05) is 45.7 Å². The zero-order chi connectivity index (χ0) is 13.7. The zero-order valence-corrected chi connectivity index (χ0v) is 11.5. The molecule has 0 aliphatic carbocycles. The Hall–Kier alpha value is -1.30. The normalized spacial score (nSPS) is 18.5. The molecule has 104 valence electrons. The van der Waals surface area contributed by atoms with Gasteiger partial charge in [0.2, 0.25) is 5.91 Å². The molecule has 1 saturated heterocycles. The lowest BCUT2D eigenvalue weighted by Gasteiger charge is -2.35. The van der Waals surface area contributed by atoms with Crippen LogP contribution in [0.2, 0.25) is 0 Å². The number of rotatable bonds is 4. The van der Waals surface area contributed by atoms with Gasteiger partial charge >= 0.3 is 6.03 Å². The van der Waals surface area contributed by atoms with Gasteiger partial charge in [-0.05, 0) is 19.8 Å². The van der Waals surface area contributed by atoms with Crippen molar-refractivity contribution in [3.63, 3.8) is 0 Å². The number of piperidine rings is 1. The van der Waals surface area contributed by atoms with E-state index in [4.69, 9.17) is 5.73 Å². The Balaban J connectivity index is 2.31. The average Bonchev–Trinajstić information content (AvgIpc) is 2.27. The van der Waals surface area contributed by atoms with E-state index < -0.39 is 0 Å². The lowest BCUT2D eigenvalue weighted by Crippen LogP contribution is -2.49. The Bertz CT molecular complexity index is 298. The van der Waals surface area contributed by atoms with E-state index in [1.807, 2.05) is 11.8 Å². The second-order valence-corrected chi connectivity index (χ2v) is 5.18. The molecule has 1 aliphatic heterocycles. The summed E-state index contributed by atoms with van der Waals surface area (Å²) < 4.78 is 0. The van der Waals surface area contributed by atoms with E-state index in [1.165, 1.54) is 0 Å². The molecule has 1 atom stereocenters. The maximum absolute atomic E-state index is 11.7. The van der Waals surface area contributed by atoms with Gasteiger partial charge in [0.15, 0.2) is 0 Å². The smallest absolute Gasteiger partial charge is 0.319 e. The number of primary amides is 1. The summed E-state index contributed by atoms with van der Waals surface area (Å²) in [6, 6.07) is 0.535. The van der Waals surface area contributed by atoms with Crippen molar-refractivity contribution in [1.29, 1.82) is 0 Å². The number of likely N-dealkylation sites (tertiary alicyclic amines) is 1. The third-order valence-electron chi connectivity index (χ3n) is 3.18. The summed E-state index contributed by atoms with van der Waals surface area (Å²) in [6.45, 7) is 3.48. The molecule has 1 rings (SSSR count). The summed E-state index contributed by atoms with van der Waals surface area (Å²) in [5.74, 6) is -0.282. The van der Waals surface area contributed by atoms with Crippen LogP contribution >= 0.6 is 0 Å². The number of hydrogen-bond acceptors (Lipinski definition) is 3. The minimum atomic E-state index is -0.282. The second-order valence-electron chi connectivity index (χ2n) is 5.18. The number of hydrogen-bond donors (Lipinski definition) is 2. The van der Waals surface area contributed by atoms with Gasteiger partial charge in [-0.1, -0.05) is 0 Å². The van der Waals surface area contributed by atoms with E-state index in [9.17, 15) is 9.59 Å². The lowest BCUT2D eigenvalue weighted by molar-refractivity contribution is -0.118. The summed E-state index contributed by atoms with van der Waals surface area (Å²) in [7, 11) is 3.53. The molecule has 0 saturated carbocycles. The minimum Gasteiger partial charge on any atom is -0.370 e. The fourth-order valence-corrected chi connectivity index (χ4v) is 2.28. The van der Waals surface area contributed by atoms with E-state index in [0.29, 0.717) is 12.5 Å². The first-order chi connectivity index (χ1) is 8.40. The topological polar surface area (TPSA) is 78.7 Å². The third-order valence-corrected chi connectivity index (χ3v) is 3.18. The number of carbonyl (C=O) groups is 2. The quantitative estimate of drug-likeness (QED) is 0.742. The molecule has 0 spiro atoms. The van der Waals surface area contributed by atoms with Crippen molar-refractivity contribution < 1.29 is 9.59 Å². The first-order valence-electron chi connectivity index (χ1n) is 6.40. The fraction of sp³-hybridized carbons (Fsp3) is 0.833. The first-order valence-corrected chi connectivity index (χ1v) is 6.40. The van der Waals surface area contributed by atoms with Crippen LogP contribution in [-0.2, 0) is 4.79 Å². The summed E-state index contributed by atoms with van der Waals surface area (Å²) in [4.78, 5) is 26.0. The van der Waals surface area contributed by atoms with Crippen molar-refractivity contribution in [3.05, 3.63) is 0 Å². The molecule has 3 N–H and O–H groups in total. The van der Waals surface area contributed by atoms with E-state index in [2.05, 4.69) is 5.32 Å². The lowest BCUT2D eigenvalue weighted by atomic mass is 10.0. The Kier molecular flexibility index (Phi) is 5.40. The molecule has 0 aromatic carbocycles. The average molecular weight is 256 g/mol. The molecule has 1 heterocycles. The number of nitrogens with two attached hydrogens (primary N) is 1. The molecule has 6 nitrogen and oxygen atoms in total. The van der Waals surface area contributed by atoms with Gasteiger partial charge in [-0.2, -0.15) is 0 Å². The third kappa shape index (κ3) is 4.52. The van der Waals surface area contributed by atoms with Gasteiger partial charge in [-0.25, -0.2) is 4.79 Å². The van der Waals surface area contributed by atoms with Crippen molar-refractivity contribution in [2.24, 2.45) is 5.73 Å². The van der Waals surface area contributed by atoms with Gasteiger partial charge in [-0.3, -0.25) is 4.79 Å². The van der Waals surface area contributed by atoms with E-state index in [1.54, 1.807) is 19.0 Å². The van der Waals surface area contributed by atoms with Crippen LogP contribution < -0.4 is 11.1 Å². The van der Waals surface area contributed by atoms with Crippen molar-refractivity contribution >= 4 is 11.9 Å². The Morgan fingerprint density at radius 2 is 1.94 bits per heavy atom. The van der Waals surface area contributed by atoms with Gasteiger partial charge in [0.25, 0.3) is 0 Å². The molecular weight excluding hydrogens is 232 g/mol. The molecule has 3 amide bonds. The van der Waals surface area contributed by atoms with Crippen LogP contribution in [0, 0.1) is 0 Å². The fourth-order valence-electron chi connectivity index (χ4n) is 2.28. The number of amides is 3. The Labute approximate surface area is 108 Å². The highest BCUT2D eigenvalue weighted by atomic mass is 16.2. The highest BCUT2D eigenvalue weighted by Crippen LogP contribution is 2.12. The predicted molar refractivity (Wildman–Crippen MR) is 70.1 cm³/mol. The van der Waals surface area contributed by atoms with Gasteiger partial charge in [0.1, 0.15) is 0 Å². The first kappa shape index (κ1) is 14.8. The van der Waals surface area contributed by atoms with Crippen LogP contribution in [0.25, 0.3) is 0 Å². The van der Waals surface area contributed by atoms with E-state index in [-0.39, 0.29) is 18.0 Å². The molecule has 0 aromatic rings. The predicted octanol–water partition coefficient (Wildman–Crippen LogP) is -0.0141. The molecule has 0 bridgehead atoms. The van der Waals surface area contributed by atoms with Crippen LogP contribution in [0.3, 0.4) is 0 Å². The largest absolute Gasteiger partial charge is 0.370 e. The van der Waals surface area contributed by atoms with Gasteiger partial charge in [-0.15, -0.1) is 0 Å². The maximum Gasteiger partial charge on any atom is 0.319 e. The summed E-state index contributed by atoms with van der Waals surface area (Å²) in [6.07, 6.45) is 2.20. The number of carbonyl (C=O) groups excluding carboxylic acids is 2. The maximum atomic E-state index is 11.7. The highest BCUT2D eigenvalue weighted by Gasteiger charge is 2.24. The Morgan fingerprint density at radius 3 is 2.39 bits per heavy atom. The molecule has 1 aliphatic rings. The molecular formula is C12H24N4O2. The highest BCUT2D eigenvalue weighted by molar-refractivity contribution is 5.74. The van der Waals surface area contributed by atoms with Crippen molar-refractivity contribution in [1.82, 2.24) is 15.1 Å². The number of nitrogens with one attached hydrogen (secondary N) is 1. The number of nitrogens with zero attached hydrogens (tertiary/aromatic N) is 2. The second kappa shape index (κ2) is 6.58. The summed E-state index contributed by atoms with van der Waals surface area (Å²) >= 11 is 0. The summed E-state index contributed by atoms with van der Waals surface area (Å²) in [5, 5.41) is 3.39. The van der Waals surface area contributed by atoms with Crippen LogP contribution in [0.15, 0.2) is 0 Å². The monoisotopic (exact) mass is 256 g/mol. The molecule has 6 heteroatoms. The molecule has 0 aromatic heterocycles. The van der Waals surface area contributed by atoms with Crippen LogP contribution in [0.5, 0.6) is 0 Å². The molecule has 1 unspecified atom stereocenters. The molecule has 18 heavy (non-hydrogen) atoms. The molecule has 0 radical (unpaired) electrons. The van der Waals surface area contributed by atoms with Crippen molar-refractivity contribution in [3.8, 4) is 0 Å². The molecule has 1 fully saturated rings. The van der Waals surface area contributed by atoms with Gasteiger partial charge < -0.3 is 20.9 Å². The van der Waals surface area contributed by atoms with E-state index in [0.717, 1.165) is 25.9 Å². The SMILES string of the molecule is CC(CC(N)=O)NC1CCN(C(=O)N(C)C)CC1. The van der Waals surface area contributed by atoms with Gasteiger partial charge in [0.05, 0.1) is 0 Å².